The van der Waals surface area contributed by atoms with Crippen LogP contribution < -0.4 is 16.4 Å². The highest BCUT2D eigenvalue weighted by Gasteiger charge is 2.09. The van der Waals surface area contributed by atoms with Crippen LogP contribution in [0.1, 0.15) is 18.9 Å². The number of anilines is 2. The van der Waals surface area contributed by atoms with Crippen molar-refractivity contribution in [2.75, 3.05) is 30.4 Å². The van der Waals surface area contributed by atoms with Gasteiger partial charge in [0.1, 0.15) is 6.61 Å². The first kappa shape index (κ1) is 16.1. The minimum atomic E-state index is -0.250. The van der Waals surface area contributed by atoms with Crippen LogP contribution in [0.2, 0.25) is 0 Å². The van der Waals surface area contributed by atoms with Crippen LogP contribution >= 0.6 is 0 Å². The molecule has 0 radical (unpaired) electrons. The molecule has 1 rings (SSSR count). The van der Waals surface area contributed by atoms with E-state index in [4.69, 9.17) is 10.5 Å². The Morgan fingerprint density at radius 1 is 1.20 bits per heavy atom. The van der Waals surface area contributed by atoms with Gasteiger partial charge in [-0.1, -0.05) is 13.0 Å². The van der Waals surface area contributed by atoms with Crippen LogP contribution in [0.15, 0.2) is 18.2 Å². The first-order chi connectivity index (χ1) is 9.58. The first-order valence-corrected chi connectivity index (χ1v) is 6.55. The molecule has 2 amide bonds. The van der Waals surface area contributed by atoms with E-state index >= 15 is 0 Å². The molecule has 0 saturated heterocycles. The molecule has 0 aromatic heterocycles. The molecule has 0 fully saturated rings. The lowest BCUT2D eigenvalue weighted by Gasteiger charge is -2.13. The molecule has 0 bridgehead atoms. The number of nitrogens with two attached hydrogens (primary N) is 1. The fourth-order valence-electron chi connectivity index (χ4n) is 1.58. The molecule has 0 aliphatic rings. The normalized spacial score (nSPS) is 10.2. The molecule has 0 atom stereocenters. The lowest BCUT2D eigenvalue weighted by Crippen LogP contribution is -2.21. The smallest absolute Gasteiger partial charge is 0.250 e. The van der Waals surface area contributed by atoms with Gasteiger partial charge in [-0.2, -0.15) is 0 Å². The fourth-order valence-corrected chi connectivity index (χ4v) is 1.58. The van der Waals surface area contributed by atoms with Crippen molar-refractivity contribution >= 4 is 23.2 Å². The average molecular weight is 279 g/mol. The van der Waals surface area contributed by atoms with Crippen molar-refractivity contribution in [1.29, 1.82) is 0 Å². The molecule has 0 spiro atoms. The van der Waals surface area contributed by atoms with Gasteiger partial charge < -0.3 is 21.1 Å². The van der Waals surface area contributed by atoms with Gasteiger partial charge in [0.05, 0.1) is 6.61 Å². The number of amides is 2. The van der Waals surface area contributed by atoms with Gasteiger partial charge in [0, 0.05) is 24.3 Å². The molecule has 0 unspecified atom stereocenters. The molecule has 0 aliphatic heterocycles. The lowest BCUT2D eigenvalue weighted by molar-refractivity contribution is -0.120. The van der Waals surface area contributed by atoms with Crippen molar-refractivity contribution in [2.45, 2.75) is 20.3 Å². The van der Waals surface area contributed by atoms with E-state index in [2.05, 4.69) is 10.6 Å². The first-order valence-electron chi connectivity index (χ1n) is 6.55. The number of carbonyl (C=O) groups is 2. The standard InChI is InChI=1S/C14H21N3O3/c1-3-13(18)16-11-5-4-6-12(10(11)2)17-14(19)9-20-8-7-15/h4-6H,3,7-9,15H2,1-2H3,(H,16,18)(H,17,19). The zero-order chi connectivity index (χ0) is 15.0. The predicted molar refractivity (Wildman–Crippen MR) is 78.6 cm³/mol. The quantitative estimate of drug-likeness (QED) is 0.655. The van der Waals surface area contributed by atoms with Crippen molar-refractivity contribution in [1.82, 2.24) is 0 Å². The molecule has 0 heterocycles. The van der Waals surface area contributed by atoms with Crippen molar-refractivity contribution < 1.29 is 14.3 Å². The second kappa shape index (κ2) is 8.29. The van der Waals surface area contributed by atoms with Crippen molar-refractivity contribution in [3.8, 4) is 0 Å². The average Bonchev–Trinajstić information content (AvgIpc) is 2.43. The van der Waals surface area contributed by atoms with Crippen LogP contribution in [0.25, 0.3) is 0 Å². The van der Waals surface area contributed by atoms with E-state index in [9.17, 15) is 9.59 Å². The van der Waals surface area contributed by atoms with Gasteiger partial charge in [0.25, 0.3) is 0 Å². The van der Waals surface area contributed by atoms with Crippen LogP contribution in [0.3, 0.4) is 0 Å². The summed E-state index contributed by atoms with van der Waals surface area (Å²) in [5, 5.41) is 5.53. The maximum absolute atomic E-state index is 11.7. The van der Waals surface area contributed by atoms with Crippen molar-refractivity contribution in [3.63, 3.8) is 0 Å². The summed E-state index contributed by atoms with van der Waals surface area (Å²) < 4.78 is 5.06. The Labute approximate surface area is 118 Å². The third-order valence-corrected chi connectivity index (χ3v) is 2.70. The Hall–Kier alpha value is -1.92. The number of nitrogens with one attached hydrogen (secondary N) is 2. The molecular formula is C14H21N3O3. The third-order valence-electron chi connectivity index (χ3n) is 2.70. The van der Waals surface area contributed by atoms with Crippen LogP contribution in [0, 0.1) is 6.92 Å². The van der Waals surface area contributed by atoms with Crippen molar-refractivity contribution in [2.24, 2.45) is 5.73 Å². The summed E-state index contributed by atoms with van der Waals surface area (Å²) in [6.07, 6.45) is 0.406. The predicted octanol–water partition coefficient (Wildman–Crippen LogP) is 1.26. The van der Waals surface area contributed by atoms with Gasteiger partial charge >= 0.3 is 0 Å². The van der Waals surface area contributed by atoms with E-state index < -0.39 is 0 Å². The molecule has 6 heteroatoms. The highest BCUT2D eigenvalue weighted by atomic mass is 16.5. The van der Waals surface area contributed by atoms with Gasteiger partial charge in [0.15, 0.2) is 0 Å². The second-order valence-electron chi connectivity index (χ2n) is 4.27. The van der Waals surface area contributed by atoms with E-state index in [0.29, 0.717) is 30.9 Å². The highest BCUT2D eigenvalue weighted by Crippen LogP contribution is 2.23. The largest absolute Gasteiger partial charge is 0.370 e. The van der Waals surface area contributed by atoms with Gasteiger partial charge in [-0.15, -0.1) is 0 Å². The lowest BCUT2D eigenvalue weighted by atomic mass is 10.1. The molecular weight excluding hydrogens is 258 g/mol. The van der Waals surface area contributed by atoms with E-state index in [-0.39, 0.29) is 18.4 Å². The maximum atomic E-state index is 11.7. The Morgan fingerprint density at radius 2 is 1.80 bits per heavy atom. The zero-order valence-corrected chi connectivity index (χ0v) is 11.9. The van der Waals surface area contributed by atoms with Crippen LogP contribution in [-0.2, 0) is 14.3 Å². The summed E-state index contributed by atoms with van der Waals surface area (Å²) in [4.78, 5) is 23.1. The minimum Gasteiger partial charge on any atom is -0.370 e. The number of ether oxygens (including phenoxy) is 1. The van der Waals surface area contributed by atoms with Gasteiger partial charge in [0.2, 0.25) is 11.8 Å². The topological polar surface area (TPSA) is 93.5 Å². The Kier molecular flexibility index (Phi) is 6.69. The third kappa shape index (κ3) is 4.99. The summed E-state index contributed by atoms with van der Waals surface area (Å²) in [7, 11) is 0. The molecule has 1 aromatic carbocycles. The summed E-state index contributed by atoms with van der Waals surface area (Å²) in [5.41, 5.74) is 7.43. The van der Waals surface area contributed by atoms with E-state index in [1.807, 2.05) is 6.92 Å². The summed E-state index contributed by atoms with van der Waals surface area (Å²) in [6, 6.07) is 5.34. The molecule has 20 heavy (non-hydrogen) atoms. The Morgan fingerprint density at radius 3 is 2.35 bits per heavy atom. The number of carbonyl (C=O) groups excluding carboxylic acids is 2. The maximum Gasteiger partial charge on any atom is 0.250 e. The Bertz CT molecular complexity index is 475. The summed E-state index contributed by atoms with van der Waals surface area (Å²) >= 11 is 0. The number of benzene rings is 1. The zero-order valence-electron chi connectivity index (χ0n) is 11.9. The van der Waals surface area contributed by atoms with Crippen LogP contribution in [0.5, 0.6) is 0 Å². The van der Waals surface area contributed by atoms with Crippen LogP contribution in [-0.4, -0.2) is 31.6 Å². The van der Waals surface area contributed by atoms with E-state index in [0.717, 1.165) is 5.56 Å². The summed E-state index contributed by atoms with van der Waals surface area (Å²) in [6.45, 7) is 4.30. The SMILES string of the molecule is CCC(=O)Nc1cccc(NC(=O)COCCN)c1C. The van der Waals surface area contributed by atoms with Crippen molar-refractivity contribution in [3.05, 3.63) is 23.8 Å². The number of rotatable bonds is 7. The van der Waals surface area contributed by atoms with Gasteiger partial charge in [-0.3, -0.25) is 9.59 Å². The molecule has 0 saturated carbocycles. The molecule has 4 N–H and O–H groups in total. The van der Waals surface area contributed by atoms with Gasteiger partial charge in [-0.05, 0) is 24.6 Å². The second-order valence-corrected chi connectivity index (χ2v) is 4.27. The highest BCUT2D eigenvalue weighted by molar-refractivity contribution is 5.96. The molecule has 110 valence electrons. The summed E-state index contributed by atoms with van der Waals surface area (Å²) in [5.74, 6) is -0.316. The Balaban J connectivity index is 2.68. The monoisotopic (exact) mass is 279 g/mol. The van der Waals surface area contributed by atoms with Crippen LogP contribution in [0.4, 0.5) is 11.4 Å². The van der Waals surface area contributed by atoms with E-state index in [1.165, 1.54) is 0 Å². The minimum absolute atomic E-state index is 0.0395. The molecule has 1 aromatic rings. The van der Waals surface area contributed by atoms with E-state index in [1.54, 1.807) is 25.1 Å². The molecule has 0 aliphatic carbocycles. The fraction of sp³-hybridized carbons (Fsp3) is 0.429. The number of hydrogen-bond acceptors (Lipinski definition) is 4. The molecule has 6 nitrogen and oxygen atoms in total. The van der Waals surface area contributed by atoms with Gasteiger partial charge in [-0.25, -0.2) is 0 Å². The number of hydrogen-bond donors (Lipinski definition) is 3.